The van der Waals surface area contributed by atoms with E-state index in [0.29, 0.717) is 13.2 Å². The predicted octanol–water partition coefficient (Wildman–Crippen LogP) is 4.09. The summed E-state index contributed by atoms with van der Waals surface area (Å²) >= 11 is 0. The fourth-order valence-corrected chi connectivity index (χ4v) is 3.43. The topological polar surface area (TPSA) is 64.1 Å². The lowest BCUT2D eigenvalue weighted by Gasteiger charge is -2.18. The van der Waals surface area contributed by atoms with E-state index >= 15 is 0 Å². The Hall–Kier alpha value is -2.00. The molecule has 1 fully saturated rings. The highest BCUT2D eigenvalue weighted by Crippen LogP contribution is 2.23. The number of methoxy groups -OCH3 is 1. The zero-order valence-corrected chi connectivity index (χ0v) is 21.0. The van der Waals surface area contributed by atoms with E-state index in [1.54, 1.807) is 14.2 Å². The second-order valence-electron chi connectivity index (χ2n) is 7.52. The van der Waals surface area contributed by atoms with E-state index in [2.05, 4.69) is 52.9 Å². The van der Waals surface area contributed by atoms with Gasteiger partial charge < -0.3 is 24.8 Å². The molecule has 0 aromatic heterocycles. The molecule has 1 aliphatic rings. The third-order valence-corrected chi connectivity index (χ3v) is 5.14. The molecule has 0 spiro atoms. The summed E-state index contributed by atoms with van der Waals surface area (Å²) in [5.74, 6) is 2.61. The zero-order valence-electron chi connectivity index (χ0n) is 18.6. The van der Waals surface area contributed by atoms with Gasteiger partial charge in [-0.05, 0) is 49.1 Å². The van der Waals surface area contributed by atoms with Crippen molar-refractivity contribution in [2.75, 3.05) is 33.9 Å². The molecule has 7 heteroatoms. The molecule has 1 heterocycles. The summed E-state index contributed by atoms with van der Waals surface area (Å²) in [6.07, 6.45) is 3.08. The van der Waals surface area contributed by atoms with E-state index in [1.165, 1.54) is 11.1 Å². The van der Waals surface area contributed by atoms with Crippen molar-refractivity contribution in [3.63, 3.8) is 0 Å². The van der Waals surface area contributed by atoms with Gasteiger partial charge in [0.15, 0.2) is 5.96 Å². The van der Waals surface area contributed by atoms with Crippen LogP contribution in [0, 0.1) is 6.92 Å². The second kappa shape index (κ2) is 13.4. The summed E-state index contributed by atoms with van der Waals surface area (Å²) in [7, 11) is 3.49. The van der Waals surface area contributed by atoms with Gasteiger partial charge in [-0.25, -0.2) is 0 Å². The number of rotatable bonds is 9. The largest absolute Gasteiger partial charge is 0.497 e. The molecule has 0 aliphatic carbocycles. The highest BCUT2D eigenvalue weighted by Gasteiger charge is 2.18. The first-order valence-electron chi connectivity index (χ1n) is 10.6. The lowest BCUT2D eigenvalue weighted by atomic mass is 10.1. The van der Waals surface area contributed by atoms with Crippen LogP contribution in [0.2, 0.25) is 0 Å². The Morgan fingerprint density at radius 3 is 2.81 bits per heavy atom. The second-order valence-corrected chi connectivity index (χ2v) is 7.52. The molecule has 2 aromatic rings. The Labute approximate surface area is 202 Å². The van der Waals surface area contributed by atoms with E-state index in [-0.39, 0.29) is 30.1 Å². The van der Waals surface area contributed by atoms with Crippen LogP contribution in [0.4, 0.5) is 0 Å². The molecule has 31 heavy (non-hydrogen) atoms. The SMILES string of the molecule is CN=C(NCCCc1cccc(OC)c1)NCc1ccc(C)cc1OC1CCOC1.I. The summed E-state index contributed by atoms with van der Waals surface area (Å²) < 4.78 is 16.9. The van der Waals surface area contributed by atoms with Gasteiger partial charge in [0, 0.05) is 32.1 Å². The number of hydrogen-bond acceptors (Lipinski definition) is 4. The van der Waals surface area contributed by atoms with Gasteiger partial charge in [-0.2, -0.15) is 0 Å². The van der Waals surface area contributed by atoms with Crippen LogP contribution in [-0.4, -0.2) is 46.0 Å². The van der Waals surface area contributed by atoms with E-state index in [0.717, 1.165) is 55.4 Å². The van der Waals surface area contributed by atoms with Crippen LogP contribution in [0.15, 0.2) is 47.5 Å². The quantitative estimate of drug-likeness (QED) is 0.218. The molecule has 3 rings (SSSR count). The van der Waals surface area contributed by atoms with Gasteiger partial charge in [0.2, 0.25) is 0 Å². The number of nitrogens with zero attached hydrogens (tertiary/aromatic N) is 1. The Kier molecular flexibility index (Phi) is 10.9. The number of guanidine groups is 1. The average molecular weight is 539 g/mol. The van der Waals surface area contributed by atoms with Gasteiger partial charge in [0.1, 0.15) is 17.6 Å². The number of nitrogens with one attached hydrogen (secondary N) is 2. The smallest absolute Gasteiger partial charge is 0.191 e. The predicted molar refractivity (Wildman–Crippen MR) is 136 cm³/mol. The highest BCUT2D eigenvalue weighted by molar-refractivity contribution is 14.0. The van der Waals surface area contributed by atoms with Crippen LogP contribution in [-0.2, 0) is 17.7 Å². The number of benzene rings is 2. The first-order valence-corrected chi connectivity index (χ1v) is 10.6. The Balaban J connectivity index is 0.00000341. The Morgan fingerprint density at radius 1 is 1.19 bits per heavy atom. The number of hydrogen-bond donors (Lipinski definition) is 2. The molecule has 6 nitrogen and oxygen atoms in total. The molecule has 0 saturated carbocycles. The van der Waals surface area contributed by atoms with Gasteiger partial charge in [-0.15, -0.1) is 24.0 Å². The van der Waals surface area contributed by atoms with Crippen molar-refractivity contribution in [3.8, 4) is 11.5 Å². The van der Waals surface area contributed by atoms with Crippen molar-refractivity contribution >= 4 is 29.9 Å². The lowest BCUT2D eigenvalue weighted by Crippen LogP contribution is -2.37. The van der Waals surface area contributed by atoms with Crippen molar-refractivity contribution in [2.24, 2.45) is 4.99 Å². The van der Waals surface area contributed by atoms with Crippen LogP contribution in [0.1, 0.15) is 29.5 Å². The summed E-state index contributed by atoms with van der Waals surface area (Å²) in [5, 5.41) is 6.78. The van der Waals surface area contributed by atoms with Crippen molar-refractivity contribution in [1.29, 1.82) is 0 Å². The average Bonchev–Trinajstić information content (AvgIpc) is 3.27. The molecular formula is C24H34IN3O3. The van der Waals surface area contributed by atoms with Gasteiger partial charge in [-0.1, -0.05) is 24.3 Å². The molecule has 0 bridgehead atoms. The molecule has 1 atom stereocenters. The molecule has 170 valence electrons. The first-order chi connectivity index (χ1) is 14.7. The molecule has 2 aromatic carbocycles. The van der Waals surface area contributed by atoms with E-state index in [1.807, 2.05) is 12.1 Å². The maximum Gasteiger partial charge on any atom is 0.191 e. The zero-order chi connectivity index (χ0) is 21.2. The van der Waals surface area contributed by atoms with Gasteiger partial charge in [-0.3, -0.25) is 4.99 Å². The Bertz CT molecular complexity index is 839. The first kappa shape index (κ1) is 25.3. The van der Waals surface area contributed by atoms with E-state index in [9.17, 15) is 0 Å². The highest BCUT2D eigenvalue weighted by atomic mass is 127. The van der Waals surface area contributed by atoms with Gasteiger partial charge in [0.25, 0.3) is 0 Å². The summed E-state index contributed by atoms with van der Waals surface area (Å²) in [4.78, 5) is 4.34. The number of aliphatic imine (C=N–C) groups is 1. The summed E-state index contributed by atoms with van der Waals surface area (Å²) in [6, 6.07) is 14.5. The van der Waals surface area contributed by atoms with Gasteiger partial charge in [0.05, 0.1) is 20.3 Å². The minimum absolute atomic E-state index is 0. The number of halogens is 1. The summed E-state index contributed by atoms with van der Waals surface area (Å²) in [5.41, 5.74) is 3.58. The third-order valence-electron chi connectivity index (χ3n) is 5.14. The summed E-state index contributed by atoms with van der Waals surface area (Å²) in [6.45, 7) is 5.01. The molecule has 1 saturated heterocycles. The molecule has 1 aliphatic heterocycles. The van der Waals surface area contributed by atoms with Crippen molar-refractivity contribution < 1.29 is 14.2 Å². The number of aryl methyl sites for hydroxylation is 2. The molecule has 0 amide bonds. The van der Waals surface area contributed by atoms with Crippen molar-refractivity contribution in [1.82, 2.24) is 10.6 Å². The van der Waals surface area contributed by atoms with Crippen molar-refractivity contribution in [3.05, 3.63) is 59.2 Å². The van der Waals surface area contributed by atoms with Crippen LogP contribution < -0.4 is 20.1 Å². The monoisotopic (exact) mass is 539 g/mol. The standard InChI is InChI=1S/C24H33N3O3.HI/c1-18-9-10-20(23(14-18)30-22-11-13-29-17-22)16-27-24(25-2)26-12-5-7-19-6-4-8-21(15-19)28-3;/h4,6,8-10,14-15,22H,5,7,11-13,16-17H2,1-3H3,(H2,25,26,27);1H. The van der Waals surface area contributed by atoms with Crippen LogP contribution in [0.3, 0.4) is 0 Å². The maximum absolute atomic E-state index is 6.18. The number of ether oxygens (including phenoxy) is 3. The van der Waals surface area contributed by atoms with Crippen molar-refractivity contribution in [2.45, 2.75) is 38.8 Å². The van der Waals surface area contributed by atoms with Crippen LogP contribution >= 0.6 is 24.0 Å². The van der Waals surface area contributed by atoms with Crippen LogP contribution in [0.5, 0.6) is 11.5 Å². The Morgan fingerprint density at radius 2 is 2.06 bits per heavy atom. The fraction of sp³-hybridized carbons (Fsp3) is 0.458. The fourth-order valence-electron chi connectivity index (χ4n) is 3.43. The van der Waals surface area contributed by atoms with Crippen LogP contribution in [0.25, 0.3) is 0 Å². The van der Waals surface area contributed by atoms with Gasteiger partial charge >= 0.3 is 0 Å². The molecule has 2 N–H and O–H groups in total. The maximum atomic E-state index is 6.18. The minimum Gasteiger partial charge on any atom is -0.497 e. The van der Waals surface area contributed by atoms with E-state index < -0.39 is 0 Å². The third kappa shape index (κ3) is 8.22. The molecular weight excluding hydrogens is 505 g/mol. The normalized spacial score (nSPS) is 15.8. The van der Waals surface area contributed by atoms with E-state index in [4.69, 9.17) is 14.2 Å². The minimum atomic E-state index is 0. The molecule has 1 unspecified atom stereocenters. The molecule has 0 radical (unpaired) electrons. The lowest BCUT2D eigenvalue weighted by molar-refractivity contribution is 0.140.